The molecule has 2 N–H and O–H groups in total. The van der Waals surface area contributed by atoms with Crippen LogP contribution >= 0.6 is 0 Å². The van der Waals surface area contributed by atoms with Crippen LogP contribution in [0.4, 0.5) is 14.5 Å². The van der Waals surface area contributed by atoms with Crippen LogP contribution in [-0.4, -0.2) is 27.5 Å². The molecule has 0 saturated carbocycles. The number of carbonyl (C=O) groups excluding carboxylic acids is 1. The third kappa shape index (κ3) is 4.97. The number of amides is 1. The highest BCUT2D eigenvalue weighted by Gasteiger charge is 2.24. The highest BCUT2D eigenvalue weighted by molar-refractivity contribution is 7.89. The molecule has 0 aliphatic carbocycles. The molecule has 0 saturated heterocycles. The third-order valence-electron chi connectivity index (χ3n) is 3.06. The van der Waals surface area contributed by atoms with Crippen molar-refractivity contribution >= 4 is 21.6 Å². The Balaban J connectivity index is 1.99. The van der Waals surface area contributed by atoms with E-state index in [2.05, 4.69) is 5.32 Å². The number of rotatable bonds is 7. The van der Waals surface area contributed by atoms with Gasteiger partial charge in [0, 0.05) is 5.69 Å². The van der Waals surface area contributed by atoms with Crippen LogP contribution in [0.1, 0.15) is 6.92 Å². The van der Waals surface area contributed by atoms with Gasteiger partial charge in [0.25, 0.3) is 0 Å². The quantitative estimate of drug-likeness (QED) is 0.783. The summed E-state index contributed by atoms with van der Waals surface area (Å²) in [5.74, 6) is -2.54. The van der Waals surface area contributed by atoms with Gasteiger partial charge in [0.1, 0.15) is 17.4 Å². The van der Waals surface area contributed by atoms with Gasteiger partial charge in [-0.3, -0.25) is 4.79 Å². The molecular weight excluding hydrogens is 354 g/mol. The van der Waals surface area contributed by atoms with Gasteiger partial charge >= 0.3 is 0 Å². The van der Waals surface area contributed by atoms with Crippen LogP contribution in [0.25, 0.3) is 0 Å². The van der Waals surface area contributed by atoms with E-state index in [0.29, 0.717) is 18.0 Å². The van der Waals surface area contributed by atoms with E-state index >= 15 is 0 Å². The second-order valence-electron chi connectivity index (χ2n) is 4.88. The minimum absolute atomic E-state index is 0.421. The molecule has 1 amide bonds. The number of halogens is 2. The van der Waals surface area contributed by atoms with Crippen LogP contribution in [0.5, 0.6) is 5.75 Å². The Bertz CT molecular complexity index is 835. The summed E-state index contributed by atoms with van der Waals surface area (Å²) in [7, 11) is -4.50. The Kier molecular flexibility index (Phi) is 6.05. The lowest BCUT2D eigenvalue weighted by Crippen LogP contribution is -2.33. The zero-order valence-corrected chi connectivity index (χ0v) is 14.1. The fourth-order valence-corrected chi connectivity index (χ4v) is 3.09. The largest absolute Gasteiger partial charge is 0.494 e. The first-order valence-corrected chi connectivity index (χ1v) is 8.78. The number of ether oxygens (including phenoxy) is 1. The fourth-order valence-electron chi connectivity index (χ4n) is 1.98. The zero-order valence-electron chi connectivity index (χ0n) is 13.3. The van der Waals surface area contributed by atoms with Gasteiger partial charge in [0.15, 0.2) is 4.90 Å². The third-order valence-corrected chi connectivity index (χ3v) is 4.51. The summed E-state index contributed by atoms with van der Waals surface area (Å²) >= 11 is 0. The van der Waals surface area contributed by atoms with Crippen molar-refractivity contribution in [1.29, 1.82) is 0 Å². The number of hydrogen-bond donors (Lipinski definition) is 2. The van der Waals surface area contributed by atoms with Crippen LogP contribution in [0.15, 0.2) is 47.4 Å². The molecule has 2 aromatic carbocycles. The van der Waals surface area contributed by atoms with E-state index in [9.17, 15) is 22.0 Å². The van der Waals surface area contributed by atoms with Crippen molar-refractivity contribution in [2.75, 3.05) is 18.5 Å². The molecule has 25 heavy (non-hydrogen) atoms. The number of benzene rings is 2. The number of nitrogens with one attached hydrogen (secondary N) is 2. The molecule has 0 fully saturated rings. The SMILES string of the molecule is CCOc1ccc(NC(=O)CNS(=O)(=O)c2c(F)cccc2F)cc1. The van der Waals surface area contributed by atoms with Crippen molar-refractivity contribution in [3.8, 4) is 5.75 Å². The first-order valence-electron chi connectivity index (χ1n) is 7.30. The van der Waals surface area contributed by atoms with E-state index in [0.717, 1.165) is 18.2 Å². The lowest BCUT2D eigenvalue weighted by Gasteiger charge is -2.10. The van der Waals surface area contributed by atoms with Crippen molar-refractivity contribution < 1.29 is 26.7 Å². The van der Waals surface area contributed by atoms with Gasteiger partial charge in [-0.05, 0) is 43.3 Å². The molecule has 0 radical (unpaired) electrons. The van der Waals surface area contributed by atoms with E-state index in [4.69, 9.17) is 4.74 Å². The summed E-state index contributed by atoms with van der Waals surface area (Å²) in [5, 5.41) is 2.46. The maximum Gasteiger partial charge on any atom is 0.246 e. The molecule has 0 spiro atoms. The maximum atomic E-state index is 13.5. The van der Waals surface area contributed by atoms with E-state index in [1.54, 1.807) is 24.3 Å². The van der Waals surface area contributed by atoms with Crippen LogP contribution in [0, 0.1) is 11.6 Å². The predicted octanol–water partition coefficient (Wildman–Crippen LogP) is 2.28. The van der Waals surface area contributed by atoms with Crippen LogP contribution in [-0.2, 0) is 14.8 Å². The van der Waals surface area contributed by atoms with Crippen LogP contribution in [0.2, 0.25) is 0 Å². The smallest absolute Gasteiger partial charge is 0.246 e. The molecule has 0 bridgehead atoms. The minimum atomic E-state index is -4.50. The average Bonchev–Trinajstić information content (AvgIpc) is 2.55. The molecule has 0 aliphatic heterocycles. The summed E-state index contributed by atoms with van der Waals surface area (Å²) in [6.45, 7) is 1.66. The van der Waals surface area contributed by atoms with Gasteiger partial charge in [-0.25, -0.2) is 21.9 Å². The Morgan fingerprint density at radius 2 is 1.68 bits per heavy atom. The molecule has 134 valence electrons. The maximum absolute atomic E-state index is 13.5. The summed E-state index contributed by atoms with van der Waals surface area (Å²) in [5.41, 5.74) is 0.421. The zero-order chi connectivity index (χ0) is 18.4. The standard InChI is InChI=1S/C16H16F2N2O4S/c1-2-24-12-8-6-11(7-9-12)20-15(21)10-19-25(22,23)16-13(17)4-3-5-14(16)18/h3-9,19H,2,10H2,1H3,(H,20,21). The average molecular weight is 370 g/mol. The molecule has 0 unspecified atom stereocenters. The topological polar surface area (TPSA) is 84.5 Å². The van der Waals surface area contributed by atoms with Gasteiger partial charge in [0.2, 0.25) is 15.9 Å². The molecule has 0 aromatic heterocycles. The second-order valence-corrected chi connectivity index (χ2v) is 6.58. The highest BCUT2D eigenvalue weighted by Crippen LogP contribution is 2.18. The van der Waals surface area contributed by atoms with Crippen molar-refractivity contribution in [3.05, 3.63) is 54.1 Å². The Morgan fingerprint density at radius 3 is 2.24 bits per heavy atom. The van der Waals surface area contributed by atoms with Gasteiger partial charge in [-0.2, -0.15) is 0 Å². The monoisotopic (exact) mass is 370 g/mol. The van der Waals surface area contributed by atoms with Gasteiger partial charge in [-0.1, -0.05) is 6.07 Å². The minimum Gasteiger partial charge on any atom is -0.494 e. The number of sulfonamides is 1. The van der Waals surface area contributed by atoms with Crippen LogP contribution in [0.3, 0.4) is 0 Å². The van der Waals surface area contributed by atoms with E-state index in [1.807, 2.05) is 11.6 Å². The summed E-state index contributed by atoms with van der Waals surface area (Å²) in [4.78, 5) is 10.7. The van der Waals surface area contributed by atoms with Crippen LogP contribution < -0.4 is 14.8 Å². The van der Waals surface area contributed by atoms with Crippen molar-refractivity contribution in [1.82, 2.24) is 4.72 Å². The first kappa shape index (κ1) is 18.8. The fraction of sp³-hybridized carbons (Fsp3) is 0.188. The molecular formula is C16H16F2N2O4S. The van der Waals surface area contributed by atoms with E-state index < -0.39 is 39.0 Å². The molecule has 6 nitrogen and oxygen atoms in total. The number of hydrogen-bond acceptors (Lipinski definition) is 4. The lowest BCUT2D eigenvalue weighted by molar-refractivity contribution is -0.115. The normalized spacial score (nSPS) is 11.2. The highest BCUT2D eigenvalue weighted by atomic mass is 32.2. The molecule has 0 aliphatic rings. The van der Waals surface area contributed by atoms with Crippen molar-refractivity contribution in [2.45, 2.75) is 11.8 Å². The summed E-state index contributed by atoms with van der Waals surface area (Å²) < 4.78 is 58.1. The Hall–Kier alpha value is -2.52. The Labute approximate surface area is 143 Å². The molecule has 2 aromatic rings. The van der Waals surface area contributed by atoms with Gasteiger partial charge in [-0.15, -0.1) is 0 Å². The second kappa shape index (κ2) is 8.04. The molecule has 0 heterocycles. The van der Waals surface area contributed by atoms with E-state index in [1.165, 1.54) is 0 Å². The Morgan fingerprint density at radius 1 is 1.08 bits per heavy atom. The predicted molar refractivity (Wildman–Crippen MR) is 87.8 cm³/mol. The first-order chi connectivity index (χ1) is 11.8. The lowest BCUT2D eigenvalue weighted by atomic mass is 10.3. The van der Waals surface area contributed by atoms with Gasteiger partial charge in [0.05, 0.1) is 13.2 Å². The summed E-state index contributed by atoms with van der Waals surface area (Å²) in [6.07, 6.45) is 0. The van der Waals surface area contributed by atoms with Crippen molar-refractivity contribution in [2.24, 2.45) is 0 Å². The molecule has 9 heteroatoms. The number of anilines is 1. The van der Waals surface area contributed by atoms with E-state index in [-0.39, 0.29) is 0 Å². The summed E-state index contributed by atoms with van der Waals surface area (Å²) in [6, 6.07) is 9.11. The van der Waals surface area contributed by atoms with Gasteiger partial charge < -0.3 is 10.1 Å². The number of carbonyl (C=O) groups is 1. The van der Waals surface area contributed by atoms with Crippen molar-refractivity contribution in [3.63, 3.8) is 0 Å². The molecule has 2 rings (SSSR count). The molecule has 0 atom stereocenters.